The van der Waals surface area contributed by atoms with E-state index in [9.17, 15) is 14.9 Å². The Balaban J connectivity index is 4.25. The van der Waals surface area contributed by atoms with Crippen molar-refractivity contribution in [2.45, 2.75) is 39.5 Å². The molecule has 0 N–H and O–H groups in total. The van der Waals surface area contributed by atoms with E-state index < -0.39 is 0 Å². The van der Waals surface area contributed by atoms with Gasteiger partial charge in [0.25, 0.3) is 0 Å². The number of allylic oxidation sites excluding steroid dienone is 2. The summed E-state index contributed by atoms with van der Waals surface area (Å²) < 4.78 is 5.84. The van der Waals surface area contributed by atoms with E-state index in [1.54, 1.807) is 0 Å². The van der Waals surface area contributed by atoms with E-state index in [1.807, 2.05) is 6.92 Å². The molecule has 0 saturated carbocycles. The van der Waals surface area contributed by atoms with Gasteiger partial charge in [0.05, 0.1) is 13.5 Å². The molecule has 0 saturated heterocycles. The summed E-state index contributed by atoms with van der Waals surface area (Å²) in [6.07, 6.45) is 4.92. The molecule has 19 heavy (non-hydrogen) atoms. The number of nitrogens with zero attached hydrogens (tertiary/aromatic N) is 1. The van der Waals surface area contributed by atoms with Crippen LogP contribution in [-0.4, -0.2) is 24.5 Å². The van der Waals surface area contributed by atoms with Crippen LogP contribution < -0.4 is 0 Å². The second-order valence-electron chi connectivity index (χ2n) is 4.87. The molecule has 0 aliphatic rings. The van der Waals surface area contributed by atoms with Crippen molar-refractivity contribution in [3.63, 3.8) is 0 Å². The first-order valence-corrected chi connectivity index (χ1v) is 7.43. The number of carbonyl (C=O) groups is 1. The first-order chi connectivity index (χ1) is 8.85. The third kappa shape index (κ3) is 10.9. The Bertz CT molecular complexity index is 327. The van der Waals surface area contributed by atoms with Gasteiger partial charge in [0.2, 0.25) is 6.54 Å². The Morgan fingerprint density at radius 2 is 2.16 bits per heavy atom. The van der Waals surface area contributed by atoms with Crippen molar-refractivity contribution in [3.8, 4) is 0 Å². The molecule has 5 nitrogen and oxygen atoms in total. The highest BCUT2D eigenvalue weighted by atomic mass is 127. The maximum Gasteiger partial charge on any atom is 0.306 e. The number of nitro groups is 1. The first kappa shape index (κ1) is 18.3. The number of ether oxygens (including phenoxy) is 1. The van der Waals surface area contributed by atoms with Crippen LogP contribution in [0.25, 0.3) is 0 Å². The zero-order valence-corrected chi connectivity index (χ0v) is 13.9. The lowest BCUT2D eigenvalue weighted by Gasteiger charge is -2.16. The zero-order valence-electron chi connectivity index (χ0n) is 11.7. The fourth-order valence-corrected chi connectivity index (χ4v) is 2.32. The van der Waals surface area contributed by atoms with E-state index in [0.717, 1.165) is 12.8 Å². The Hall–Kier alpha value is -0.660. The monoisotopic (exact) mass is 383 g/mol. The minimum absolute atomic E-state index is 0.128. The summed E-state index contributed by atoms with van der Waals surface area (Å²) in [6, 6.07) is 0. The summed E-state index contributed by atoms with van der Waals surface area (Å²) >= 11 is 2.26. The summed E-state index contributed by atoms with van der Waals surface area (Å²) in [5.74, 6) is -0.245. The van der Waals surface area contributed by atoms with Crippen LogP contribution in [0.1, 0.15) is 39.5 Å². The number of hydrogen-bond acceptors (Lipinski definition) is 4. The molecule has 0 aliphatic heterocycles. The Morgan fingerprint density at radius 1 is 1.53 bits per heavy atom. The largest absolute Gasteiger partial charge is 0.469 e. The predicted octanol–water partition coefficient (Wildman–Crippen LogP) is 3.59. The van der Waals surface area contributed by atoms with Gasteiger partial charge in [0, 0.05) is 10.8 Å². The van der Waals surface area contributed by atoms with Gasteiger partial charge in [-0.15, -0.1) is 0 Å². The van der Waals surface area contributed by atoms with E-state index >= 15 is 0 Å². The number of halogens is 1. The molecule has 0 aliphatic carbocycles. The van der Waals surface area contributed by atoms with E-state index in [1.165, 1.54) is 10.7 Å². The van der Waals surface area contributed by atoms with Crippen molar-refractivity contribution >= 4 is 28.6 Å². The smallest absolute Gasteiger partial charge is 0.306 e. The molecule has 1 unspecified atom stereocenters. The number of esters is 1. The van der Waals surface area contributed by atoms with Crippen LogP contribution >= 0.6 is 22.6 Å². The van der Waals surface area contributed by atoms with Gasteiger partial charge in [-0.1, -0.05) is 13.0 Å². The van der Waals surface area contributed by atoms with Crippen LogP contribution in [0.2, 0.25) is 0 Å². The number of carbonyl (C=O) groups excluding carboxylic acids is 1. The summed E-state index contributed by atoms with van der Waals surface area (Å²) in [6.45, 7) is 3.94. The molecule has 0 fully saturated rings. The lowest BCUT2D eigenvalue weighted by molar-refractivity contribution is -0.488. The Labute approximate surface area is 128 Å². The molecule has 0 amide bonds. The highest BCUT2D eigenvalue weighted by molar-refractivity contribution is 14.1. The molecule has 110 valence electrons. The molecule has 0 bridgehead atoms. The molecule has 0 aromatic heterocycles. The van der Waals surface area contributed by atoms with Gasteiger partial charge >= 0.3 is 5.97 Å². The molecule has 0 heterocycles. The predicted molar refractivity (Wildman–Crippen MR) is 82.8 cm³/mol. The molecule has 0 aromatic carbocycles. The Kier molecular flexibility index (Phi) is 9.81. The van der Waals surface area contributed by atoms with Crippen LogP contribution in [0.3, 0.4) is 0 Å². The standard InChI is InChI=1S/C13H22INO4/c1-10(5-4-6-11(2)14)7-12(9-15(17)18)8-13(16)19-3/h6,10,12H,4-5,7-9H2,1-3H3/b11-6+/t10-,12?/m0/s1. The number of methoxy groups -OCH3 is 1. The summed E-state index contributed by atoms with van der Waals surface area (Å²) in [5.41, 5.74) is 0. The van der Waals surface area contributed by atoms with Gasteiger partial charge in [-0.25, -0.2) is 0 Å². The van der Waals surface area contributed by atoms with Gasteiger partial charge in [0.15, 0.2) is 0 Å². The molecular formula is C13H22INO4. The van der Waals surface area contributed by atoms with E-state index in [2.05, 4.69) is 40.3 Å². The van der Waals surface area contributed by atoms with Gasteiger partial charge < -0.3 is 4.74 Å². The normalized spacial score (nSPS) is 14.8. The average Bonchev–Trinajstić information content (AvgIpc) is 2.27. The van der Waals surface area contributed by atoms with Crippen LogP contribution in [0, 0.1) is 22.0 Å². The second kappa shape index (κ2) is 10.2. The second-order valence-corrected chi connectivity index (χ2v) is 6.57. The topological polar surface area (TPSA) is 69.4 Å². The van der Waals surface area contributed by atoms with Crippen molar-refractivity contribution in [1.82, 2.24) is 0 Å². The van der Waals surface area contributed by atoms with E-state index in [-0.39, 0.29) is 29.8 Å². The van der Waals surface area contributed by atoms with Gasteiger partial charge in [0.1, 0.15) is 0 Å². The molecule has 0 radical (unpaired) electrons. The van der Waals surface area contributed by atoms with Crippen molar-refractivity contribution in [3.05, 3.63) is 19.8 Å². The Morgan fingerprint density at radius 3 is 2.63 bits per heavy atom. The molecule has 0 spiro atoms. The molecular weight excluding hydrogens is 361 g/mol. The van der Waals surface area contributed by atoms with Crippen molar-refractivity contribution in [1.29, 1.82) is 0 Å². The van der Waals surface area contributed by atoms with Gasteiger partial charge in [-0.3, -0.25) is 14.9 Å². The number of rotatable bonds is 9. The lowest BCUT2D eigenvalue weighted by atomic mass is 9.90. The highest BCUT2D eigenvalue weighted by Crippen LogP contribution is 2.21. The van der Waals surface area contributed by atoms with Crippen LogP contribution in [0.15, 0.2) is 9.66 Å². The molecule has 0 aromatic rings. The third-order valence-electron chi connectivity index (χ3n) is 2.91. The molecule has 6 heteroatoms. The highest BCUT2D eigenvalue weighted by Gasteiger charge is 2.22. The zero-order chi connectivity index (χ0) is 14.8. The minimum atomic E-state index is -0.373. The third-order valence-corrected chi connectivity index (χ3v) is 3.35. The van der Waals surface area contributed by atoms with Crippen LogP contribution in [-0.2, 0) is 9.53 Å². The van der Waals surface area contributed by atoms with Crippen molar-refractivity contribution in [2.75, 3.05) is 13.7 Å². The lowest BCUT2D eigenvalue weighted by Crippen LogP contribution is -2.21. The summed E-state index contributed by atoms with van der Waals surface area (Å²) in [7, 11) is 1.31. The molecule has 2 atom stereocenters. The number of hydrogen-bond donors (Lipinski definition) is 0. The summed E-state index contributed by atoms with van der Waals surface area (Å²) in [4.78, 5) is 21.5. The van der Waals surface area contributed by atoms with Crippen LogP contribution in [0.4, 0.5) is 0 Å². The van der Waals surface area contributed by atoms with E-state index in [4.69, 9.17) is 0 Å². The van der Waals surface area contributed by atoms with Crippen molar-refractivity contribution < 1.29 is 14.5 Å². The maximum absolute atomic E-state index is 11.2. The van der Waals surface area contributed by atoms with Crippen LogP contribution in [0.5, 0.6) is 0 Å². The fraction of sp³-hybridized carbons (Fsp3) is 0.769. The van der Waals surface area contributed by atoms with Gasteiger partial charge in [-0.05, 0) is 58.3 Å². The quantitative estimate of drug-likeness (QED) is 0.264. The first-order valence-electron chi connectivity index (χ1n) is 6.36. The van der Waals surface area contributed by atoms with Crippen molar-refractivity contribution in [2.24, 2.45) is 11.8 Å². The minimum Gasteiger partial charge on any atom is -0.469 e. The van der Waals surface area contributed by atoms with Gasteiger partial charge in [-0.2, -0.15) is 0 Å². The maximum atomic E-state index is 11.2. The SMILES string of the molecule is COC(=O)CC(C[C@@H](C)CC/C=C(\C)I)C[N+](=O)[O-]. The van der Waals surface area contributed by atoms with E-state index in [0.29, 0.717) is 12.3 Å². The fourth-order valence-electron chi connectivity index (χ4n) is 2.01. The summed E-state index contributed by atoms with van der Waals surface area (Å²) in [5, 5.41) is 10.6. The average molecular weight is 383 g/mol. The molecule has 0 rings (SSSR count).